The van der Waals surface area contributed by atoms with Gasteiger partial charge in [-0.1, -0.05) is 239 Å². The van der Waals surface area contributed by atoms with Crippen LogP contribution in [0, 0.1) is 0 Å². The molecule has 21 nitrogen and oxygen atoms in total. The molecule has 4 aliphatic heterocycles. The Balaban J connectivity index is 1.02. The number of rotatable bonds is 30. The lowest BCUT2D eigenvalue weighted by Gasteiger charge is -2.55. The van der Waals surface area contributed by atoms with E-state index in [1.807, 2.05) is 216 Å². The van der Waals surface area contributed by atoms with E-state index in [1.54, 1.807) is 36.4 Å². The molecule has 0 aromatic heterocycles. The minimum atomic E-state index is -4.75. The van der Waals surface area contributed by atoms with E-state index in [2.05, 4.69) is 9.44 Å². The van der Waals surface area contributed by atoms with Gasteiger partial charge in [-0.2, -0.15) is 4.72 Å². The Hall–Kier alpha value is -6.80. The molecule has 4 saturated heterocycles. The van der Waals surface area contributed by atoms with E-state index in [0.29, 0.717) is 11.1 Å². The van der Waals surface area contributed by atoms with Gasteiger partial charge < -0.3 is 71.5 Å². The van der Waals surface area contributed by atoms with Gasteiger partial charge in [0.1, 0.15) is 67.1 Å². The van der Waals surface area contributed by atoms with Gasteiger partial charge in [0.2, 0.25) is 25.8 Å². The van der Waals surface area contributed by atoms with Crippen LogP contribution in [0.5, 0.6) is 0 Å². The van der Waals surface area contributed by atoms with Gasteiger partial charge in [-0.15, -0.1) is 0 Å². The lowest BCUT2D eigenvalue weighted by atomic mass is 9.92. The van der Waals surface area contributed by atoms with Crippen molar-refractivity contribution in [1.29, 1.82) is 0 Å². The molecule has 102 heavy (non-hydrogen) atoms. The zero-order valence-corrected chi connectivity index (χ0v) is 60.2. The van der Waals surface area contributed by atoms with Crippen LogP contribution in [0.3, 0.4) is 0 Å². The highest BCUT2D eigenvalue weighted by molar-refractivity contribution is 7.89. The van der Waals surface area contributed by atoms with E-state index >= 15 is 16.8 Å². The van der Waals surface area contributed by atoms with E-state index in [0.717, 1.165) is 22.3 Å². The van der Waals surface area contributed by atoms with Crippen LogP contribution in [0.4, 0.5) is 0 Å². The average Bonchev–Trinajstić information content (AvgIpc) is 0.735. The van der Waals surface area contributed by atoms with Crippen LogP contribution in [0.15, 0.2) is 252 Å². The molecule has 0 saturated carbocycles. The summed E-state index contributed by atoms with van der Waals surface area (Å²) in [4.78, 5) is -0.349. The quantitative estimate of drug-likeness (QED) is 0.0241. The summed E-state index contributed by atoms with van der Waals surface area (Å²) in [6.45, 7) is 8.87. The highest BCUT2D eigenvalue weighted by atomic mass is 32.2. The van der Waals surface area contributed by atoms with Crippen molar-refractivity contribution in [3.63, 3.8) is 0 Å². The third-order valence-corrected chi connectivity index (χ3v) is 26.3. The van der Waals surface area contributed by atoms with Gasteiger partial charge in [-0.3, -0.25) is 0 Å². The van der Waals surface area contributed by atoms with Crippen LogP contribution < -0.4 is 9.44 Å². The summed E-state index contributed by atoms with van der Waals surface area (Å²) < 4.78 is 158. The second-order valence-electron chi connectivity index (χ2n) is 27.3. The predicted molar refractivity (Wildman–Crippen MR) is 380 cm³/mol. The maximum atomic E-state index is 15.5. The Bertz CT molecular complexity index is 4100. The molecule has 4 heterocycles. The molecule has 12 rings (SSSR count). The highest BCUT2D eigenvalue weighted by Crippen LogP contribution is 2.45. The van der Waals surface area contributed by atoms with E-state index in [9.17, 15) is 10.2 Å². The second kappa shape index (κ2) is 34.0. The predicted octanol–water partition coefficient (Wildman–Crippen LogP) is 10.6. The van der Waals surface area contributed by atoms with E-state index in [-0.39, 0.29) is 62.6 Å². The normalized spacial score (nSPS) is 27.9. The SMILES string of the molecule is CC(C)(C)[Si](C)(C)O[C@H]1O[C@H](COCc2ccccc2)[C@@H](O[C@@H]2O[C@H](COCc3ccccc3)[C@@H](O[C@@H]3O[C@@H]4COC(c5ccccc5)O[C@H]4[C@H](O)[C@@H]3OCc3ccccc3)[C@H](OCc3ccccc3)[C@H]2NS(=O)(=O)c2ccccc2)[C@H](OCc2ccccc2)[C@]1(O)NS(=O)(=O)c1ccccc1. The number of ether oxygens (including phenoxy) is 12. The first-order valence-electron chi connectivity index (χ1n) is 34.3. The van der Waals surface area contributed by atoms with E-state index in [4.69, 9.17) is 61.3 Å². The van der Waals surface area contributed by atoms with Crippen LogP contribution >= 0.6 is 0 Å². The largest absolute Gasteiger partial charge is 0.389 e. The first kappa shape index (κ1) is 74.9. The zero-order valence-electron chi connectivity index (χ0n) is 57.6. The summed E-state index contributed by atoms with van der Waals surface area (Å²) >= 11 is 0. The number of aliphatic hydroxyl groups excluding tert-OH is 1. The number of hydrogen-bond donors (Lipinski definition) is 4. The van der Waals surface area contributed by atoms with Gasteiger partial charge in [-0.05, 0) is 70.2 Å². The Kier molecular flexibility index (Phi) is 24.9. The Labute approximate surface area is 598 Å². The van der Waals surface area contributed by atoms with Crippen LogP contribution in [0.2, 0.25) is 18.1 Å². The monoisotopic (exact) mass is 1450 g/mol. The molecule has 16 atom stereocenters. The van der Waals surface area contributed by atoms with Gasteiger partial charge in [-0.25, -0.2) is 21.6 Å². The number of sulfonamides is 2. The lowest BCUT2D eigenvalue weighted by Crippen LogP contribution is -2.77. The third kappa shape index (κ3) is 18.6. The van der Waals surface area contributed by atoms with E-state index < -0.39 is 131 Å². The van der Waals surface area contributed by atoms with Gasteiger partial charge in [0.15, 0.2) is 33.5 Å². The smallest absolute Gasteiger partial charge is 0.243 e. The number of hydrogen-bond acceptors (Lipinski definition) is 19. The van der Waals surface area contributed by atoms with Crippen molar-refractivity contribution >= 4 is 28.4 Å². The molecule has 1 unspecified atom stereocenters. The minimum Gasteiger partial charge on any atom is -0.389 e. The molecule has 8 aromatic carbocycles. The molecule has 4 N–H and O–H groups in total. The summed E-state index contributed by atoms with van der Waals surface area (Å²) in [7, 11) is -12.5. The van der Waals surface area contributed by atoms with Gasteiger partial charge in [0.05, 0.1) is 62.6 Å². The summed E-state index contributed by atoms with van der Waals surface area (Å²) in [5.41, 5.74) is 1.49. The van der Waals surface area contributed by atoms with Crippen molar-refractivity contribution in [2.24, 2.45) is 0 Å². The molecule has 4 fully saturated rings. The molecule has 0 spiro atoms. The first-order valence-corrected chi connectivity index (χ1v) is 40.1. The number of aliphatic hydroxyl groups is 2. The molecular weight excluding hydrogens is 1360 g/mol. The summed E-state index contributed by atoms with van der Waals surface area (Å²) in [5, 5.41) is 26.4. The summed E-state index contributed by atoms with van der Waals surface area (Å²) in [5.74, 6) is 0. The van der Waals surface area contributed by atoms with Crippen LogP contribution in [0.1, 0.15) is 60.4 Å². The van der Waals surface area contributed by atoms with Crippen molar-refractivity contribution in [2.75, 3.05) is 19.8 Å². The fourth-order valence-electron chi connectivity index (χ4n) is 12.4. The summed E-state index contributed by atoms with van der Waals surface area (Å²) in [6, 6.07) is 69.4. The maximum Gasteiger partial charge on any atom is 0.243 e. The highest BCUT2D eigenvalue weighted by Gasteiger charge is 2.64. The molecule has 0 radical (unpaired) electrons. The van der Waals surface area contributed by atoms with Crippen molar-refractivity contribution in [2.45, 2.75) is 180 Å². The third-order valence-electron chi connectivity index (χ3n) is 18.9. The Morgan fingerprint density at radius 1 is 0.490 bits per heavy atom. The summed E-state index contributed by atoms with van der Waals surface area (Å²) in [6.07, 6.45) is -20.0. The van der Waals surface area contributed by atoms with Crippen molar-refractivity contribution in [1.82, 2.24) is 9.44 Å². The number of fused-ring (bicyclic) bond motifs is 1. The second-order valence-corrected chi connectivity index (χ2v) is 35.4. The zero-order chi connectivity index (χ0) is 71.3. The fourth-order valence-corrected chi connectivity index (χ4v) is 16.1. The van der Waals surface area contributed by atoms with Crippen molar-refractivity contribution in [3.8, 4) is 0 Å². The van der Waals surface area contributed by atoms with Gasteiger partial charge >= 0.3 is 0 Å². The molecule has 8 aromatic rings. The average molecular weight is 1450 g/mol. The topological polar surface area (TPSA) is 253 Å². The molecule has 0 amide bonds. The van der Waals surface area contributed by atoms with Gasteiger partial charge in [0.25, 0.3) is 0 Å². The molecule has 0 bridgehead atoms. The lowest BCUT2D eigenvalue weighted by molar-refractivity contribution is -0.396. The molecule has 0 aliphatic carbocycles. The fraction of sp³-hybridized carbons (Fsp3) is 0.385. The van der Waals surface area contributed by atoms with Crippen molar-refractivity contribution in [3.05, 3.63) is 276 Å². The van der Waals surface area contributed by atoms with Gasteiger partial charge in [0, 0.05) is 5.56 Å². The van der Waals surface area contributed by atoms with Crippen LogP contribution in [0.25, 0.3) is 0 Å². The van der Waals surface area contributed by atoms with Crippen LogP contribution in [-0.2, 0) is 114 Å². The Morgan fingerprint density at radius 2 is 0.912 bits per heavy atom. The standard InChI is InChI=1S/C78H90N2O19S2Si/c1-77(2,3)102(4,5)99-76-78(82,80-101(85,86)61-44-28-13-29-45-61)72(91-50-58-38-22-10-23-39-58)69(63(95-76)52-88-47-55-32-16-7-17-33-55)98-74-65(79-100(83,84)60-42-26-12-27-43-60)70(89-48-56-34-18-8-19-35-56)68(62(93-74)51-87-46-54-30-14-6-15-31-54)97-75-71(90-49-57-36-20-9-21-37-57)66(81)67-64(94-75)53-92-73(96-67)59-40-24-11-25-41-59/h6-45,62-76,79-82H,46-53H2,1-5H3/t62-,63-,64-,65-,66+,67-,68-,69-,70-,71+,72+,73?,74+,75+,76-,78-/m1/s1. The first-order chi connectivity index (χ1) is 49.2. The minimum absolute atomic E-state index is 0.0151. The molecule has 542 valence electrons. The van der Waals surface area contributed by atoms with E-state index in [1.165, 1.54) is 24.3 Å². The maximum absolute atomic E-state index is 15.5. The number of nitrogens with one attached hydrogen (secondary N) is 2. The number of benzene rings is 8. The Morgan fingerprint density at radius 3 is 1.40 bits per heavy atom. The van der Waals surface area contributed by atoms with Crippen LogP contribution in [-0.4, -0.2) is 147 Å². The van der Waals surface area contributed by atoms with Crippen molar-refractivity contribution < 1.29 is 88.3 Å². The molecule has 24 heteroatoms. The molecule has 4 aliphatic rings. The molecular formula is C78H90N2O19S2Si.